The maximum Gasteiger partial charge on any atom is 0.127 e. The Labute approximate surface area is 205 Å². The van der Waals surface area contributed by atoms with Gasteiger partial charge in [0.2, 0.25) is 0 Å². The van der Waals surface area contributed by atoms with Gasteiger partial charge in [-0.1, -0.05) is 41.9 Å². The third-order valence-electron chi connectivity index (χ3n) is 6.87. The second-order valence-electron chi connectivity index (χ2n) is 9.10. The van der Waals surface area contributed by atoms with E-state index in [4.69, 9.17) is 21.3 Å². The van der Waals surface area contributed by atoms with Crippen molar-refractivity contribution >= 4 is 23.2 Å². The van der Waals surface area contributed by atoms with Gasteiger partial charge in [0.15, 0.2) is 0 Å². The molecule has 1 fully saturated rings. The van der Waals surface area contributed by atoms with Gasteiger partial charge in [0, 0.05) is 31.5 Å². The minimum absolute atomic E-state index is 0.231. The number of aryl methyl sites for hydroxylation is 1. The van der Waals surface area contributed by atoms with Gasteiger partial charge < -0.3 is 15.4 Å². The van der Waals surface area contributed by atoms with Gasteiger partial charge in [0.1, 0.15) is 11.6 Å². The van der Waals surface area contributed by atoms with E-state index in [1.54, 1.807) is 6.20 Å². The number of anilines is 2. The molecule has 7 heteroatoms. The topological polar surface area (TPSA) is 82.9 Å². The third kappa shape index (κ3) is 4.86. The van der Waals surface area contributed by atoms with Crippen LogP contribution in [-0.2, 0) is 11.2 Å². The average Bonchev–Trinajstić information content (AvgIpc) is 2.89. The number of hydrogen-bond donors (Lipinski definition) is 2. The van der Waals surface area contributed by atoms with E-state index in [9.17, 15) is 5.26 Å². The summed E-state index contributed by atoms with van der Waals surface area (Å²) >= 11 is 6.54. The number of ether oxygens (including phenoxy) is 1. The van der Waals surface area contributed by atoms with Gasteiger partial charge in [-0.05, 0) is 61.4 Å². The Morgan fingerprint density at radius 2 is 1.97 bits per heavy atom. The van der Waals surface area contributed by atoms with Crippen LogP contribution in [0.15, 0.2) is 54.7 Å². The smallest absolute Gasteiger partial charge is 0.127 e. The van der Waals surface area contributed by atoms with Gasteiger partial charge >= 0.3 is 0 Å². The normalized spacial score (nSPS) is 19.0. The minimum atomic E-state index is -0.419. The minimum Gasteiger partial charge on any atom is -0.381 e. The van der Waals surface area contributed by atoms with Gasteiger partial charge in [-0.2, -0.15) is 5.26 Å². The van der Waals surface area contributed by atoms with Crippen molar-refractivity contribution in [3.63, 3.8) is 0 Å². The Bertz CT molecular complexity index is 1200. The van der Waals surface area contributed by atoms with Crippen molar-refractivity contribution in [2.24, 2.45) is 5.41 Å². The van der Waals surface area contributed by atoms with E-state index in [0.29, 0.717) is 24.8 Å². The maximum atomic E-state index is 9.72. The molecule has 2 N–H and O–H groups in total. The van der Waals surface area contributed by atoms with E-state index in [0.717, 1.165) is 55.0 Å². The van der Waals surface area contributed by atoms with E-state index in [2.05, 4.69) is 46.0 Å². The highest BCUT2D eigenvalue weighted by Gasteiger charge is 2.32. The first-order valence-corrected chi connectivity index (χ1v) is 12.2. The van der Waals surface area contributed by atoms with Crippen molar-refractivity contribution in [3.05, 3.63) is 70.9 Å². The molecule has 0 amide bonds. The Morgan fingerprint density at radius 1 is 1.12 bits per heavy atom. The molecular formula is C27H28ClN5O. The van der Waals surface area contributed by atoms with Crippen molar-refractivity contribution in [3.8, 4) is 17.3 Å². The number of nitrogens with zero attached hydrogens (tertiary/aromatic N) is 3. The predicted octanol–water partition coefficient (Wildman–Crippen LogP) is 6.02. The molecule has 0 spiro atoms. The zero-order valence-electron chi connectivity index (χ0n) is 19.1. The molecule has 0 unspecified atom stereocenters. The van der Waals surface area contributed by atoms with E-state index in [1.807, 2.05) is 24.3 Å². The molecule has 1 saturated heterocycles. The molecule has 5 rings (SSSR count). The summed E-state index contributed by atoms with van der Waals surface area (Å²) in [5.74, 6) is 1.51. The molecule has 0 bridgehead atoms. The van der Waals surface area contributed by atoms with Crippen molar-refractivity contribution in [2.45, 2.75) is 38.1 Å². The summed E-state index contributed by atoms with van der Waals surface area (Å²) in [5.41, 5.74) is 3.92. The van der Waals surface area contributed by atoms with Crippen LogP contribution in [0.4, 0.5) is 11.6 Å². The summed E-state index contributed by atoms with van der Waals surface area (Å²) in [6, 6.07) is 19.1. The van der Waals surface area contributed by atoms with Crippen LogP contribution >= 0.6 is 11.6 Å². The first-order valence-electron chi connectivity index (χ1n) is 11.9. The Balaban J connectivity index is 1.34. The highest BCUT2D eigenvalue weighted by Crippen LogP contribution is 2.35. The summed E-state index contributed by atoms with van der Waals surface area (Å²) in [6.07, 6.45) is 6.48. The summed E-state index contributed by atoms with van der Waals surface area (Å²) < 4.78 is 5.43. The number of nitrogens with one attached hydrogen (secondary N) is 2. The molecule has 1 aromatic carbocycles. The fourth-order valence-corrected chi connectivity index (χ4v) is 5.03. The molecule has 1 atom stereocenters. The predicted molar refractivity (Wildman–Crippen MR) is 135 cm³/mol. The van der Waals surface area contributed by atoms with Crippen molar-refractivity contribution in [2.75, 3.05) is 30.4 Å². The number of halogens is 1. The summed E-state index contributed by atoms with van der Waals surface area (Å²) in [7, 11) is 0. The molecular weight excluding hydrogens is 446 g/mol. The lowest BCUT2D eigenvalue weighted by Gasteiger charge is -2.30. The SMILES string of the molecule is N#CC1(CNc2cccc(-c3cc(N[C@H]4CCCc5ccccc54)ncc3Cl)n2)CCOCC1. The quantitative estimate of drug-likeness (QED) is 0.455. The van der Waals surface area contributed by atoms with Crippen LogP contribution < -0.4 is 10.6 Å². The molecule has 0 saturated carbocycles. The second-order valence-corrected chi connectivity index (χ2v) is 9.51. The number of benzene rings is 1. The van der Waals surface area contributed by atoms with Crippen LogP contribution in [0.3, 0.4) is 0 Å². The first-order chi connectivity index (χ1) is 16.7. The number of pyridine rings is 2. The van der Waals surface area contributed by atoms with E-state index >= 15 is 0 Å². The fraction of sp³-hybridized carbons (Fsp3) is 0.370. The number of aromatic nitrogens is 2. The van der Waals surface area contributed by atoms with Crippen LogP contribution in [0.2, 0.25) is 5.02 Å². The highest BCUT2D eigenvalue weighted by atomic mass is 35.5. The molecule has 3 aromatic rings. The summed E-state index contributed by atoms with van der Waals surface area (Å²) in [4.78, 5) is 9.32. The number of rotatable bonds is 6. The molecule has 2 aromatic heterocycles. The van der Waals surface area contributed by atoms with Gasteiger partial charge in [-0.25, -0.2) is 9.97 Å². The van der Waals surface area contributed by atoms with Crippen LogP contribution in [-0.4, -0.2) is 29.7 Å². The third-order valence-corrected chi connectivity index (χ3v) is 7.17. The molecule has 1 aliphatic carbocycles. The van der Waals surface area contributed by atoms with Crippen LogP contribution in [0.1, 0.15) is 42.9 Å². The molecule has 34 heavy (non-hydrogen) atoms. The molecule has 2 aliphatic rings. The van der Waals surface area contributed by atoms with Crippen LogP contribution in [0.5, 0.6) is 0 Å². The number of nitriles is 1. The largest absolute Gasteiger partial charge is 0.381 e. The van der Waals surface area contributed by atoms with E-state index < -0.39 is 5.41 Å². The lowest BCUT2D eigenvalue weighted by atomic mass is 9.82. The Kier molecular flexibility index (Phi) is 6.66. The van der Waals surface area contributed by atoms with E-state index in [1.165, 1.54) is 11.1 Å². The highest BCUT2D eigenvalue weighted by molar-refractivity contribution is 6.33. The van der Waals surface area contributed by atoms with Crippen molar-refractivity contribution in [1.29, 1.82) is 5.26 Å². The number of hydrogen-bond acceptors (Lipinski definition) is 6. The van der Waals surface area contributed by atoms with Crippen molar-refractivity contribution < 1.29 is 4.74 Å². The second kappa shape index (κ2) is 10.0. The van der Waals surface area contributed by atoms with E-state index in [-0.39, 0.29) is 6.04 Å². The molecule has 1 aliphatic heterocycles. The lowest BCUT2D eigenvalue weighted by molar-refractivity contribution is 0.0455. The van der Waals surface area contributed by atoms with Crippen LogP contribution in [0, 0.1) is 16.7 Å². The molecule has 6 nitrogen and oxygen atoms in total. The summed E-state index contributed by atoms with van der Waals surface area (Å²) in [5, 5.41) is 17.2. The average molecular weight is 474 g/mol. The van der Waals surface area contributed by atoms with Crippen LogP contribution in [0.25, 0.3) is 11.3 Å². The maximum absolute atomic E-state index is 9.72. The Hall–Kier alpha value is -3.14. The van der Waals surface area contributed by atoms with Gasteiger partial charge in [-0.3, -0.25) is 0 Å². The van der Waals surface area contributed by atoms with Gasteiger partial charge in [0.25, 0.3) is 0 Å². The molecule has 174 valence electrons. The van der Waals surface area contributed by atoms with Gasteiger partial charge in [0.05, 0.1) is 28.2 Å². The zero-order chi connectivity index (χ0) is 23.4. The van der Waals surface area contributed by atoms with Crippen molar-refractivity contribution in [1.82, 2.24) is 9.97 Å². The standard InChI is InChI=1S/C27H28ClN5O/c28-22-16-30-26(33-23-8-3-6-19-5-1-2-7-20(19)23)15-21(22)24-9-4-10-25(32-24)31-18-27(17-29)11-13-34-14-12-27/h1-2,4-5,7,9-10,15-16,23H,3,6,8,11-14,18H2,(H,30,33)(H,31,32)/t23-/m0/s1. The lowest BCUT2D eigenvalue weighted by Crippen LogP contribution is -2.34. The fourth-order valence-electron chi connectivity index (χ4n) is 4.83. The zero-order valence-corrected chi connectivity index (χ0v) is 19.8. The first kappa shape index (κ1) is 22.6. The monoisotopic (exact) mass is 473 g/mol. The summed E-state index contributed by atoms with van der Waals surface area (Å²) in [6.45, 7) is 1.79. The van der Waals surface area contributed by atoms with Gasteiger partial charge in [-0.15, -0.1) is 0 Å². The Morgan fingerprint density at radius 3 is 2.82 bits per heavy atom. The molecule has 3 heterocycles. The molecule has 0 radical (unpaired) electrons. The number of fused-ring (bicyclic) bond motifs is 1.